The maximum Gasteiger partial charge on any atom is 0.264 e. The van der Waals surface area contributed by atoms with Crippen molar-refractivity contribution in [2.75, 3.05) is 11.9 Å². The van der Waals surface area contributed by atoms with Gasteiger partial charge in [-0.25, -0.2) is 4.98 Å². The first kappa shape index (κ1) is 14.5. The first-order chi connectivity index (χ1) is 9.54. The normalized spacial score (nSPS) is 10.6. The highest BCUT2D eigenvalue weighted by atomic mass is 32.1. The van der Waals surface area contributed by atoms with E-state index in [-0.39, 0.29) is 12.5 Å². The standard InChI is InChI=1S/C15H18N2O2S/c1-10(2)13-9-20-15(16-13)17-14(18)8-19-12-6-4-11(3)5-7-12/h4-7,9-10H,8H2,1-3H3,(H,16,17,18). The van der Waals surface area contributed by atoms with Crippen LogP contribution in [-0.4, -0.2) is 17.5 Å². The Kier molecular flexibility index (Phi) is 4.74. The average Bonchev–Trinajstić information content (AvgIpc) is 2.87. The summed E-state index contributed by atoms with van der Waals surface area (Å²) in [5.41, 5.74) is 2.15. The van der Waals surface area contributed by atoms with Crippen LogP contribution in [0.25, 0.3) is 0 Å². The number of hydrogen-bond donors (Lipinski definition) is 1. The molecule has 0 saturated carbocycles. The Labute approximate surface area is 122 Å². The number of carbonyl (C=O) groups excluding carboxylic acids is 1. The number of aromatic nitrogens is 1. The van der Waals surface area contributed by atoms with Gasteiger partial charge in [-0.05, 0) is 25.0 Å². The van der Waals surface area contributed by atoms with Gasteiger partial charge in [0.25, 0.3) is 5.91 Å². The number of nitrogens with one attached hydrogen (secondary N) is 1. The number of anilines is 1. The highest BCUT2D eigenvalue weighted by Crippen LogP contribution is 2.21. The molecule has 0 atom stereocenters. The Bertz CT molecular complexity index is 576. The largest absolute Gasteiger partial charge is 0.484 e. The summed E-state index contributed by atoms with van der Waals surface area (Å²) < 4.78 is 5.41. The van der Waals surface area contributed by atoms with Gasteiger partial charge in [0.2, 0.25) is 0 Å². The van der Waals surface area contributed by atoms with Gasteiger partial charge in [-0.1, -0.05) is 31.5 Å². The van der Waals surface area contributed by atoms with E-state index in [1.54, 1.807) is 0 Å². The van der Waals surface area contributed by atoms with E-state index in [0.29, 0.717) is 16.8 Å². The summed E-state index contributed by atoms with van der Waals surface area (Å²) in [4.78, 5) is 16.1. The van der Waals surface area contributed by atoms with Gasteiger partial charge in [-0.3, -0.25) is 10.1 Å². The average molecular weight is 290 g/mol. The van der Waals surface area contributed by atoms with Gasteiger partial charge in [0.15, 0.2) is 11.7 Å². The first-order valence-electron chi connectivity index (χ1n) is 6.49. The van der Waals surface area contributed by atoms with Crippen molar-refractivity contribution in [2.24, 2.45) is 0 Å². The lowest BCUT2D eigenvalue weighted by Gasteiger charge is -2.06. The van der Waals surface area contributed by atoms with Gasteiger partial charge in [0, 0.05) is 5.38 Å². The Hall–Kier alpha value is -1.88. The minimum absolute atomic E-state index is 0.0142. The molecule has 0 aliphatic heterocycles. The number of nitrogens with zero attached hydrogens (tertiary/aromatic N) is 1. The summed E-state index contributed by atoms with van der Waals surface area (Å²) in [5, 5.41) is 5.32. The second-order valence-electron chi connectivity index (χ2n) is 4.88. The van der Waals surface area contributed by atoms with Gasteiger partial charge in [-0.15, -0.1) is 11.3 Å². The Morgan fingerprint density at radius 3 is 2.65 bits per heavy atom. The number of thiazole rings is 1. The lowest BCUT2D eigenvalue weighted by atomic mass is 10.2. The van der Waals surface area contributed by atoms with Crippen LogP contribution in [0.5, 0.6) is 5.75 Å². The third kappa shape index (κ3) is 4.06. The van der Waals surface area contributed by atoms with E-state index in [1.807, 2.05) is 36.6 Å². The SMILES string of the molecule is Cc1ccc(OCC(=O)Nc2nc(C(C)C)cs2)cc1. The van der Waals surface area contributed by atoms with Crippen molar-refractivity contribution in [3.8, 4) is 5.75 Å². The predicted octanol–water partition coefficient (Wildman–Crippen LogP) is 3.59. The molecule has 2 aromatic rings. The molecule has 0 bridgehead atoms. The number of amides is 1. The quantitative estimate of drug-likeness (QED) is 0.915. The fourth-order valence-electron chi connectivity index (χ4n) is 1.55. The predicted molar refractivity (Wildman–Crippen MR) is 81.5 cm³/mol. The maximum atomic E-state index is 11.8. The van der Waals surface area contributed by atoms with E-state index in [9.17, 15) is 4.79 Å². The Morgan fingerprint density at radius 2 is 2.05 bits per heavy atom. The van der Waals surface area contributed by atoms with Crippen molar-refractivity contribution in [3.63, 3.8) is 0 Å². The van der Waals surface area contributed by atoms with E-state index in [2.05, 4.69) is 24.1 Å². The van der Waals surface area contributed by atoms with E-state index in [4.69, 9.17) is 4.74 Å². The number of ether oxygens (including phenoxy) is 1. The summed E-state index contributed by atoms with van der Waals surface area (Å²) in [5.74, 6) is 0.851. The molecule has 106 valence electrons. The number of hydrogen-bond acceptors (Lipinski definition) is 4. The zero-order chi connectivity index (χ0) is 14.5. The van der Waals surface area contributed by atoms with Crippen LogP contribution in [0.1, 0.15) is 31.0 Å². The van der Waals surface area contributed by atoms with Gasteiger partial charge < -0.3 is 4.74 Å². The maximum absolute atomic E-state index is 11.8. The second kappa shape index (κ2) is 6.52. The van der Waals surface area contributed by atoms with Crippen molar-refractivity contribution in [1.82, 2.24) is 4.98 Å². The molecule has 20 heavy (non-hydrogen) atoms. The van der Waals surface area contributed by atoms with E-state index in [0.717, 1.165) is 11.3 Å². The van der Waals surface area contributed by atoms with Crippen LogP contribution in [0.2, 0.25) is 0 Å². The van der Waals surface area contributed by atoms with Crippen LogP contribution in [0.4, 0.5) is 5.13 Å². The van der Waals surface area contributed by atoms with Crippen molar-refractivity contribution in [2.45, 2.75) is 26.7 Å². The molecule has 4 nitrogen and oxygen atoms in total. The molecular weight excluding hydrogens is 272 g/mol. The van der Waals surface area contributed by atoms with E-state index in [1.165, 1.54) is 11.3 Å². The molecule has 0 saturated heterocycles. The van der Waals surface area contributed by atoms with Crippen LogP contribution in [0.3, 0.4) is 0 Å². The van der Waals surface area contributed by atoms with Gasteiger partial charge in [-0.2, -0.15) is 0 Å². The lowest BCUT2D eigenvalue weighted by Crippen LogP contribution is -2.20. The third-order valence-corrected chi connectivity index (χ3v) is 3.53. The topological polar surface area (TPSA) is 51.2 Å². The number of benzene rings is 1. The number of rotatable bonds is 5. The lowest BCUT2D eigenvalue weighted by molar-refractivity contribution is -0.118. The van der Waals surface area contributed by atoms with Crippen molar-refractivity contribution >= 4 is 22.4 Å². The van der Waals surface area contributed by atoms with Crippen LogP contribution >= 0.6 is 11.3 Å². The monoisotopic (exact) mass is 290 g/mol. The van der Waals surface area contributed by atoms with E-state index < -0.39 is 0 Å². The molecule has 5 heteroatoms. The highest BCUT2D eigenvalue weighted by molar-refractivity contribution is 7.13. The van der Waals surface area contributed by atoms with Crippen LogP contribution in [-0.2, 0) is 4.79 Å². The van der Waals surface area contributed by atoms with Crippen molar-refractivity contribution in [3.05, 3.63) is 40.9 Å². The Balaban J connectivity index is 1.84. The minimum atomic E-state index is -0.199. The molecule has 0 aliphatic carbocycles. The molecule has 1 amide bonds. The summed E-state index contributed by atoms with van der Waals surface area (Å²) in [6.45, 7) is 6.13. The molecule has 0 radical (unpaired) electrons. The molecule has 0 unspecified atom stereocenters. The smallest absolute Gasteiger partial charge is 0.264 e. The Morgan fingerprint density at radius 1 is 1.35 bits per heavy atom. The summed E-state index contributed by atoms with van der Waals surface area (Å²) >= 11 is 1.43. The van der Waals surface area contributed by atoms with Crippen molar-refractivity contribution < 1.29 is 9.53 Å². The van der Waals surface area contributed by atoms with Gasteiger partial charge in [0.05, 0.1) is 5.69 Å². The molecule has 0 aliphatic rings. The molecule has 1 heterocycles. The van der Waals surface area contributed by atoms with Crippen LogP contribution in [0.15, 0.2) is 29.6 Å². The van der Waals surface area contributed by atoms with Gasteiger partial charge in [0.1, 0.15) is 5.75 Å². The fraction of sp³-hybridized carbons (Fsp3) is 0.333. The van der Waals surface area contributed by atoms with Crippen LogP contribution in [0, 0.1) is 6.92 Å². The molecule has 1 aromatic heterocycles. The highest BCUT2D eigenvalue weighted by Gasteiger charge is 2.09. The van der Waals surface area contributed by atoms with Crippen molar-refractivity contribution in [1.29, 1.82) is 0 Å². The molecule has 0 spiro atoms. The first-order valence-corrected chi connectivity index (χ1v) is 7.37. The summed E-state index contributed by atoms with van der Waals surface area (Å²) in [7, 11) is 0. The zero-order valence-electron chi connectivity index (χ0n) is 11.8. The second-order valence-corrected chi connectivity index (χ2v) is 5.74. The molecule has 0 fully saturated rings. The van der Waals surface area contributed by atoms with Gasteiger partial charge >= 0.3 is 0 Å². The molecule has 2 rings (SSSR count). The summed E-state index contributed by atoms with van der Waals surface area (Å²) in [6.07, 6.45) is 0. The fourth-order valence-corrected chi connectivity index (χ4v) is 2.44. The number of carbonyl (C=O) groups is 1. The zero-order valence-corrected chi connectivity index (χ0v) is 12.7. The molecule has 1 N–H and O–H groups in total. The molecular formula is C15H18N2O2S. The molecule has 1 aromatic carbocycles. The number of aryl methyl sites for hydroxylation is 1. The van der Waals surface area contributed by atoms with Crippen LogP contribution < -0.4 is 10.1 Å². The minimum Gasteiger partial charge on any atom is -0.484 e. The van der Waals surface area contributed by atoms with E-state index >= 15 is 0 Å². The third-order valence-electron chi connectivity index (χ3n) is 2.75. The summed E-state index contributed by atoms with van der Waals surface area (Å²) in [6, 6.07) is 7.59.